The van der Waals surface area contributed by atoms with Crippen molar-refractivity contribution in [1.29, 1.82) is 0 Å². The molecule has 0 radical (unpaired) electrons. The Hall–Kier alpha value is -3.27. The molecule has 1 aromatic rings. The van der Waals surface area contributed by atoms with Crippen molar-refractivity contribution < 1.29 is 24.0 Å². The van der Waals surface area contributed by atoms with Crippen molar-refractivity contribution in [2.45, 2.75) is 25.3 Å². The molecule has 2 N–H and O–H groups in total. The summed E-state index contributed by atoms with van der Waals surface area (Å²) >= 11 is 0. The summed E-state index contributed by atoms with van der Waals surface area (Å²) in [6.45, 7) is 3.45. The highest BCUT2D eigenvalue weighted by Crippen LogP contribution is 2.34. The quantitative estimate of drug-likeness (QED) is 0.599. The highest BCUT2D eigenvalue weighted by atomic mass is 16.2. The average Bonchev–Trinajstić information content (AvgIpc) is 3.03. The maximum Gasteiger partial charge on any atom is 0.264 e. The van der Waals surface area contributed by atoms with E-state index in [9.17, 15) is 24.0 Å². The lowest BCUT2D eigenvalue weighted by atomic mass is 10.0. The lowest BCUT2D eigenvalue weighted by Crippen LogP contribution is -2.54. The van der Waals surface area contributed by atoms with Crippen LogP contribution in [0.4, 0.5) is 5.69 Å². The van der Waals surface area contributed by atoms with Gasteiger partial charge in [0.2, 0.25) is 17.7 Å². The van der Waals surface area contributed by atoms with E-state index in [2.05, 4.69) is 20.4 Å². The molecule has 1 unspecified atom stereocenters. The predicted octanol–water partition coefficient (Wildman–Crippen LogP) is -0.654. The summed E-state index contributed by atoms with van der Waals surface area (Å²) in [6.07, 6.45) is 0.662. The van der Waals surface area contributed by atoms with E-state index in [-0.39, 0.29) is 24.3 Å². The summed E-state index contributed by atoms with van der Waals surface area (Å²) in [5.74, 6) is -2.00. The van der Waals surface area contributed by atoms with Crippen LogP contribution >= 0.6 is 0 Å². The molecule has 3 aliphatic heterocycles. The van der Waals surface area contributed by atoms with Gasteiger partial charge in [0, 0.05) is 52.6 Å². The van der Waals surface area contributed by atoms with E-state index in [0.29, 0.717) is 37.3 Å². The van der Waals surface area contributed by atoms with Gasteiger partial charge in [0.1, 0.15) is 6.04 Å². The predicted molar refractivity (Wildman–Crippen MR) is 110 cm³/mol. The molecule has 0 aromatic heterocycles. The lowest BCUT2D eigenvalue weighted by molar-refractivity contribution is -0.136. The molecule has 3 aliphatic rings. The Morgan fingerprint density at radius 1 is 1.10 bits per heavy atom. The van der Waals surface area contributed by atoms with E-state index >= 15 is 0 Å². The molecule has 2 fully saturated rings. The number of piperidine rings is 1. The van der Waals surface area contributed by atoms with Gasteiger partial charge in [0.15, 0.2) is 0 Å². The van der Waals surface area contributed by atoms with Gasteiger partial charge in [-0.3, -0.25) is 39.1 Å². The Morgan fingerprint density at radius 3 is 2.52 bits per heavy atom. The van der Waals surface area contributed by atoms with Gasteiger partial charge in [0.25, 0.3) is 11.8 Å². The summed E-state index contributed by atoms with van der Waals surface area (Å²) in [5.41, 5.74) is 1.28. The topological polar surface area (TPSA) is 119 Å². The van der Waals surface area contributed by atoms with Crippen molar-refractivity contribution in [2.75, 3.05) is 44.7 Å². The van der Waals surface area contributed by atoms with Gasteiger partial charge < -0.3 is 10.2 Å². The number of hydrogen-bond donors (Lipinski definition) is 2. The third kappa shape index (κ3) is 3.90. The number of nitrogens with zero attached hydrogens (tertiary/aromatic N) is 3. The van der Waals surface area contributed by atoms with Gasteiger partial charge in [-0.2, -0.15) is 0 Å². The van der Waals surface area contributed by atoms with Gasteiger partial charge in [-0.15, -0.1) is 0 Å². The van der Waals surface area contributed by atoms with E-state index in [4.69, 9.17) is 0 Å². The first kappa shape index (κ1) is 21.0. The van der Waals surface area contributed by atoms with Gasteiger partial charge in [-0.05, 0) is 18.6 Å². The van der Waals surface area contributed by atoms with E-state index in [1.165, 1.54) is 0 Å². The number of imide groups is 2. The van der Waals surface area contributed by atoms with Crippen molar-refractivity contribution in [3.05, 3.63) is 29.3 Å². The number of benzene rings is 1. The van der Waals surface area contributed by atoms with Crippen molar-refractivity contribution in [1.82, 2.24) is 20.4 Å². The molecule has 1 aromatic carbocycles. The number of hydrogen-bond acceptors (Lipinski definition) is 7. The van der Waals surface area contributed by atoms with Crippen molar-refractivity contribution in [3.63, 3.8) is 0 Å². The maximum absolute atomic E-state index is 13.2. The molecule has 10 heteroatoms. The lowest BCUT2D eigenvalue weighted by Gasteiger charge is -2.36. The van der Waals surface area contributed by atoms with E-state index in [0.717, 1.165) is 18.0 Å². The van der Waals surface area contributed by atoms with Crippen LogP contribution in [0.2, 0.25) is 0 Å². The summed E-state index contributed by atoms with van der Waals surface area (Å²) in [6, 6.07) is 4.19. The molecule has 164 valence electrons. The van der Waals surface area contributed by atoms with Crippen LogP contribution in [-0.4, -0.2) is 85.1 Å². The highest BCUT2D eigenvalue weighted by Gasteiger charge is 2.46. The highest BCUT2D eigenvalue weighted by molar-refractivity contribution is 6.25. The third-order valence-corrected chi connectivity index (χ3v) is 6.09. The fourth-order valence-corrected chi connectivity index (χ4v) is 4.36. The molecule has 3 heterocycles. The smallest absolute Gasteiger partial charge is 0.264 e. The zero-order valence-corrected chi connectivity index (χ0v) is 17.3. The Balaban J connectivity index is 1.50. The van der Waals surface area contributed by atoms with Crippen LogP contribution in [0.15, 0.2) is 18.2 Å². The molecule has 31 heavy (non-hydrogen) atoms. The van der Waals surface area contributed by atoms with Gasteiger partial charge in [-0.25, -0.2) is 0 Å². The van der Waals surface area contributed by atoms with Crippen LogP contribution in [0.3, 0.4) is 0 Å². The van der Waals surface area contributed by atoms with Crippen LogP contribution in [0.5, 0.6) is 0 Å². The molecule has 0 bridgehead atoms. The van der Waals surface area contributed by atoms with E-state index < -0.39 is 29.7 Å². The summed E-state index contributed by atoms with van der Waals surface area (Å²) in [7, 11) is 1.62. The van der Waals surface area contributed by atoms with Crippen molar-refractivity contribution >= 4 is 35.2 Å². The molecule has 0 aliphatic carbocycles. The normalized spacial score (nSPS) is 21.9. The minimum Gasteiger partial charge on any atom is -0.368 e. The molecule has 0 saturated carbocycles. The summed E-state index contributed by atoms with van der Waals surface area (Å²) in [4.78, 5) is 66.6. The average molecular weight is 427 g/mol. The van der Waals surface area contributed by atoms with Crippen LogP contribution < -0.4 is 15.5 Å². The second kappa shape index (κ2) is 8.46. The van der Waals surface area contributed by atoms with Gasteiger partial charge >= 0.3 is 0 Å². The fraction of sp³-hybridized carbons (Fsp3) is 0.476. The second-order valence-corrected chi connectivity index (χ2v) is 7.90. The fourth-order valence-electron chi connectivity index (χ4n) is 4.36. The second-order valence-electron chi connectivity index (χ2n) is 7.90. The van der Waals surface area contributed by atoms with Crippen molar-refractivity contribution in [2.24, 2.45) is 0 Å². The Morgan fingerprint density at radius 2 is 1.84 bits per heavy atom. The molecule has 0 spiro atoms. The molecule has 1 atom stereocenters. The minimum absolute atomic E-state index is 0.000888. The van der Waals surface area contributed by atoms with Crippen LogP contribution in [0.1, 0.15) is 40.0 Å². The number of carbonyl (C=O) groups excluding carboxylic acids is 5. The SMILES string of the molecule is CNC(=O)CCN1CCN(c2cccc3c2C(=O)N(C2CCC(=O)NC2=O)C3=O)CC1. The first-order valence-corrected chi connectivity index (χ1v) is 10.4. The number of rotatable bonds is 5. The zero-order chi connectivity index (χ0) is 22.1. The van der Waals surface area contributed by atoms with Gasteiger partial charge in [-0.1, -0.05) is 6.07 Å². The third-order valence-electron chi connectivity index (χ3n) is 6.09. The van der Waals surface area contributed by atoms with Crippen LogP contribution in [0.25, 0.3) is 0 Å². The first-order chi connectivity index (χ1) is 14.9. The Bertz CT molecular complexity index is 953. The van der Waals surface area contributed by atoms with Crippen LogP contribution in [-0.2, 0) is 14.4 Å². The number of anilines is 1. The molecule has 5 amide bonds. The molecule has 2 saturated heterocycles. The van der Waals surface area contributed by atoms with Crippen molar-refractivity contribution in [3.8, 4) is 0 Å². The molecule has 4 rings (SSSR count). The molecule has 10 nitrogen and oxygen atoms in total. The molecular formula is C21H25N5O5. The Kier molecular flexibility index (Phi) is 5.73. The number of nitrogens with one attached hydrogen (secondary N) is 2. The zero-order valence-electron chi connectivity index (χ0n) is 17.3. The summed E-state index contributed by atoms with van der Waals surface area (Å²) < 4.78 is 0. The first-order valence-electron chi connectivity index (χ1n) is 10.4. The van der Waals surface area contributed by atoms with Crippen LogP contribution in [0, 0.1) is 0 Å². The number of piperazine rings is 1. The molecular weight excluding hydrogens is 402 g/mol. The number of fused-ring (bicyclic) bond motifs is 1. The van der Waals surface area contributed by atoms with E-state index in [1.54, 1.807) is 19.2 Å². The number of carbonyl (C=O) groups is 5. The standard InChI is InChI=1S/C21H25N5O5/c1-22-16(27)7-8-24-9-11-25(12-10-24)14-4-2-3-13-18(14)21(31)26(20(13)30)15-5-6-17(28)23-19(15)29/h2-4,15H,5-12H2,1H3,(H,22,27)(H,23,28,29). The monoisotopic (exact) mass is 427 g/mol. The largest absolute Gasteiger partial charge is 0.368 e. The minimum atomic E-state index is -0.973. The Labute approximate surface area is 179 Å². The van der Waals surface area contributed by atoms with E-state index in [1.807, 2.05) is 6.07 Å². The maximum atomic E-state index is 13.2. The number of amides is 5. The summed E-state index contributed by atoms with van der Waals surface area (Å²) in [5, 5.41) is 4.83. The van der Waals surface area contributed by atoms with Gasteiger partial charge in [0.05, 0.1) is 16.8 Å².